The number of furan rings is 1. The van der Waals surface area contributed by atoms with E-state index in [1.165, 1.54) is 44.3 Å². The number of ketones is 1. The third-order valence-electron chi connectivity index (χ3n) is 7.14. The molecule has 2 aromatic carbocycles. The van der Waals surface area contributed by atoms with Crippen molar-refractivity contribution >= 4 is 22.7 Å². The van der Waals surface area contributed by atoms with Crippen molar-refractivity contribution in [1.82, 2.24) is 4.90 Å². The Kier molecular flexibility index (Phi) is 12.3. The molecule has 212 valence electrons. The van der Waals surface area contributed by atoms with Gasteiger partial charge in [-0.2, -0.15) is 0 Å². The van der Waals surface area contributed by atoms with Crippen LogP contribution in [0.1, 0.15) is 117 Å². The number of fused-ring (bicyclic) bond motifs is 1. The van der Waals surface area contributed by atoms with E-state index in [-0.39, 0.29) is 11.9 Å². The van der Waals surface area contributed by atoms with Gasteiger partial charge in [-0.3, -0.25) is 4.79 Å². The highest BCUT2D eigenvalue weighted by Crippen LogP contribution is 2.31. The maximum absolute atomic E-state index is 13.8. The van der Waals surface area contributed by atoms with Crippen LogP contribution in [0.25, 0.3) is 11.0 Å². The minimum absolute atomic E-state index is 0.0638. The summed E-state index contributed by atoms with van der Waals surface area (Å²) >= 11 is 0. The zero-order valence-electron chi connectivity index (χ0n) is 24.7. The van der Waals surface area contributed by atoms with Crippen molar-refractivity contribution in [2.24, 2.45) is 0 Å². The summed E-state index contributed by atoms with van der Waals surface area (Å²) < 4.78 is 11.5. The SMILES string of the molecule is CCCCc1oc2ccc(C(=O)OC(C)C)cc2c1C(=O)c1ccc(CCCN(CCCC)CCCC)cc1. The first-order valence-electron chi connectivity index (χ1n) is 15.0. The van der Waals surface area contributed by atoms with Crippen LogP contribution >= 0.6 is 0 Å². The minimum atomic E-state index is -0.395. The number of benzene rings is 2. The Morgan fingerprint density at radius 3 is 2.03 bits per heavy atom. The molecule has 0 saturated carbocycles. The molecule has 0 aliphatic carbocycles. The van der Waals surface area contributed by atoms with E-state index in [1.807, 2.05) is 26.0 Å². The highest BCUT2D eigenvalue weighted by molar-refractivity contribution is 6.17. The number of carbonyl (C=O) groups is 2. The summed E-state index contributed by atoms with van der Waals surface area (Å²) in [4.78, 5) is 28.9. The lowest BCUT2D eigenvalue weighted by Crippen LogP contribution is -2.27. The maximum Gasteiger partial charge on any atom is 0.338 e. The number of esters is 1. The number of nitrogens with zero attached hydrogens (tertiary/aromatic N) is 1. The smallest absolute Gasteiger partial charge is 0.338 e. The Morgan fingerprint density at radius 1 is 0.795 bits per heavy atom. The van der Waals surface area contributed by atoms with E-state index in [4.69, 9.17) is 9.15 Å². The predicted molar refractivity (Wildman–Crippen MR) is 160 cm³/mol. The van der Waals surface area contributed by atoms with E-state index in [2.05, 4.69) is 37.8 Å². The van der Waals surface area contributed by atoms with Gasteiger partial charge in [0.1, 0.15) is 11.3 Å². The lowest BCUT2D eigenvalue weighted by molar-refractivity contribution is 0.0378. The molecule has 0 unspecified atom stereocenters. The van der Waals surface area contributed by atoms with E-state index in [0.717, 1.165) is 32.2 Å². The van der Waals surface area contributed by atoms with Crippen molar-refractivity contribution in [2.75, 3.05) is 19.6 Å². The molecule has 0 aliphatic heterocycles. The zero-order valence-corrected chi connectivity index (χ0v) is 24.7. The van der Waals surface area contributed by atoms with Crippen LogP contribution in [-0.4, -0.2) is 42.4 Å². The number of hydrogen-bond donors (Lipinski definition) is 0. The van der Waals surface area contributed by atoms with E-state index in [1.54, 1.807) is 18.2 Å². The molecule has 5 nitrogen and oxygen atoms in total. The van der Waals surface area contributed by atoms with Crippen LogP contribution < -0.4 is 0 Å². The van der Waals surface area contributed by atoms with Gasteiger partial charge in [0, 0.05) is 17.4 Å². The Bertz CT molecular complexity index is 1180. The monoisotopic (exact) mass is 533 g/mol. The Hall–Kier alpha value is -2.92. The van der Waals surface area contributed by atoms with Crippen molar-refractivity contribution in [3.05, 3.63) is 70.5 Å². The summed E-state index contributed by atoms with van der Waals surface area (Å²) in [5, 5.41) is 0.674. The number of ether oxygens (including phenoxy) is 1. The maximum atomic E-state index is 13.8. The fourth-order valence-corrected chi connectivity index (χ4v) is 4.89. The zero-order chi connectivity index (χ0) is 28.2. The lowest BCUT2D eigenvalue weighted by Gasteiger charge is -2.21. The van der Waals surface area contributed by atoms with Gasteiger partial charge in [-0.25, -0.2) is 4.79 Å². The normalized spacial score (nSPS) is 11.6. The molecule has 5 heteroatoms. The number of carbonyl (C=O) groups excluding carboxylic acids is 2. The van der Waals surface area contributed by atoms with Crippen molar-refractivity contribution in [3.8, 4) is 0 Å². The first-order chi connectivity index (χ1) is 18.9. The second kappa shape index (κ2) is 15.6. The quantitative estimate of drug-likeness (QED) is 0.129. The van der Waals surface area contributed by atoms with Gasteiger partial charge in [0.05, 0.1) is 17.2 Å². The van der Waals surface area contributed by atoms with Gasteiger partial charge in [0.2, 0.25) is 0 Å². The molecule has 0 N–H and O–H groups in total. The first kappa shape index (κ1) is 30.6. The topological polar surface area (TPSA) is 59.8 Å². The molecule has 1 aromatic heterocycles. The van der Waals surface area contributed by atoms with Gasteiger partial charge in [-0.1, -0.05) is 64.3 Å². The van der Waals surface area contributed by atoms with Crippen LogP contribution in [0, 0.1) is 0 Å². The first-order valence-corrected chi connectivity index (χ1v) is 15.0. The molecule has 0 atom stereocenters. The van der Waals surface area contributed by atoms with Crippen molar-refractivity contribution in [1.29, 1.82) is 0 Å². The molecule has 0 bridgehead atoms. The van der Waals surface area contributed by atoms with E-state index >= 15 is 0 Å². The minimum Gasteiger partial charge on any atom is -0.460 e. The lowest BCUT2D eigenvalue weighted by atomic mass is 9.96. The Morgan fingerprint density at radius 2 is 1.41 bits per heavy atom. The molecule has 3 aromatic rings. The third kappa shape index (κ3) is 8.79. The highest BCUT2D eigenvalue weighted by atomic mass is 16.5. The molecule has 0 aliphatic rings. The summed E-state index contributed by atoms with van der Waals surface area (Å²) in [5.74, 6) is 0.231. The molecular formula is C34H47NO4. The molecule has 0 fully saturated rings. The second-order valence-electron chi connectivity index (χ2n) is 10.8. The van der Waals surface area contributed by atoms with Crippen molar-refractivity contribution in [2.45, 2.75) is 98.5 Å². The Labute approximate surface area is 234 Å². The van der Waals surface area contributed by atoms with Crippen LogP contribution in [0.2, 0.25) is 0 Å². The molecule has 0 radical (unpaired) electrons. The third-order valence-corrected chi connectivity index (χ3v) is 7.14. The summed E-state index contributed by atoms with van der Waals surface area (Å²) in [6.07, 6.45) is 9.48. The van der Waals surface area contributed by atoms with Gasteiger partial charge in [0.15, 0.2) is 5.78 Å². The standard InChI is InChI=1S/C34H47NO4/c1-6-9-14-31-32(29-24-28(19-20-30(29)39-31)34(37)38-25(4)5)33(36)27-17-15-26(16-18-27)13-12-23-35(21-10-7-2)22-11-8-3/h15-20,24-25H,6-14,21-23H2,1-5H3. The fourth-order valence-electron chi connectivity index (χ4n) is 4.89. The van der Waals surface area contributed by atoms with Gasteiger partial charge in [-0.05, 0) is 89.3 Å². The van der Waals surface area contributed by atoms with Crippen LogP contribution in [0.5, 0.6) is 0 Å². The van der Waals surface area contributed by atoms with E-state index < -0.39 is 5.97 Å². The van der Waals surface area contributed by atoms with Crippen molar-refractivity contribution in [3.63, 3.8) is 0 Å². The molecule has 0 spiro atoms. The van der Waals surface area contributed by atoms with Gasteiger partial charge in [0.25, 0.3) is 0 Å². The predicted octanol–water partition coefficient (Wildman–Crippen LogP) is 8.41. The van der Waals surface area contributed by atoms with E-state index in [9.17, 15) is 9.59 Å². The van der Waals surface area contributed by atoms with Crippen LogP contribution in [0.15, 0.2) is 46.9 Å². The molecule has 0 amide bonds. The van der Waals surface area contributed by atoms with Crippen LogP contribution in [-0.2, 0) is 17.6 Å². The van der Waals surface area contributed by atoms with Crippen LogP contribution in [0.4, 0.5) is 0 Å². The fraction of sp³-hybridized carbons (Fsp3) is 0.529. The number of hydrogen-bond acceptors (Lipinski definition) is 5. The van der Waals surface area contributed by atoms with Gasteiger partial charge < -0.3 is 14.1 Å². The average Bonchev–Trinajstić information content (AvgIpc) is 3.30. The molecular weight excluding hydrogens is 486 g/mol. The summed E-state index contributed by atoms with van der Waals surface area (Å²) in [6, 6.07) is 13.2. The van der Waals surface area contributed by atoms with Gasteiger partial charge in [-0.15, -0.1) is 0 Å². The van der Waals surface area contributed by atoms with Crippen LogP contribution in [0.3, 0.4) is 0 Å². The van der Waals surface area contributed by atoms with Crippen molar-refractivity contribution < 1.29 is 18.7 Å². The summed E-state index contributed by atoms with van der Waals surface area (Å²) in [6.45, 7) is 13.7. The number of unbranched alkanes of at least 4 members (excludes halogenated alkanes) is 3. The molecule has 39 heavy (non-hydrogen) atoms. The molecule has 0 saturated heterocycles. The second-order valence-corrected chi connectivity index (χ2v) is 10.8. The van der Waals surface area contributed by atoms with Gasteiger partial charge >= 0.3 is 5.97 Å². The summed E-state index contributed by atoms with van der Waals surface area (Å²) in [7, 11) is 0. The summed E-state index contributed by atoms with van der Waals surface area (Å²) in [5.41, 5.74) is 3.50. The number of aryl methyl sites for hydroxylation is 2. The molecule has 3 rings (SSSR count). The largest absolute Gasteiger partial charge is 0.460 e. The van der Waals surface area contributed by atoms with E-state index in [0.29, 0.717) is 39.8 Å². The number of rotatable bonds is 17. The average molecular weight is 534 g/mol. The highest BCUT2D eigenvalue weighted by Gasteiger charge is 2.23. The molecule has 1 heterocycles. The Balaban J connectivity index is 1.78.